The molecule has 3 amide bonds. The van der Waals surface area contributed by atoms with E-state index < -0.39 is 5.82 Å². The molecular weight excluding hydrogens is 273 g/mol. The first-order valence-corrected chi connectivity index (χ1v) is 7.11. The lowest BCUT2D eigenvalue weighted by molar-refractivity contribution is 0.0660. The van der Waals surface area contributed by atoms with Crippen molar-refractivity contribution < 1.29 is 14.0 Å². The summed E-state index contributed by atoms with van der Waals surface area (Å²) in [6.45, 7) is 6.02. The standard InChI is InChI=1S/C15H20FN3O2/c1-3-17-15(21)19-8-6-18(7-9-19)14(20)12-10-11(2)4-5-13(12)16/h4-5,10H,3,6-9H2,1-2H3,(H,17,21). The van der Waals surface area contributed by atoms with Gasteiger partial charge in [0.15, 0.2) is 0 Å². The van der Waals surface area contributed by atoms with Crippen molar-refractivity contribution in [2.75, 3.05) is 32.7 Å². The zero-order chi connectivity index (χ0) is 15.4. The Kier molecular flexibility index (Phi) is 4.77. The zero-order valence-corrected chi connectivity index (χ0v) is 12.4. The molecule has 1 aliphatic rings. The van der Waals surface area contributed by atoms with Gasteiger partial charge in [0.25, 0.3) is 5.91 Å². The van der Waals surface area contributed by atoms with Gasteiger partial charge in [0.05, 0.1) is 5.56 Å². The van der Waals surface area contributed by atoms with Crippen LogP contribution in [0.1, 0.15) is 22.8 Å². The Morgan fingerprint density at radius 3 is 2.43 bits per heavy atom. The van der Waals surface area contributed by atoms with Crippen LogP contribution in [0.3, 0.4) is 0 Å². The van der Waals surface area contributed by atoms with Gasteiger partial charge in [0, 0.05) is 32.7 Å². The van der Waals surface area contributed by atoms with Crippen LogP contribution in [0.4, 0.5) is 9.18 Å². The number of benzene rings is 1. The van der Waals surface area contributed by atoms with Gasteiger partial charge in [-0.2, -0.15) is 0 Å². The molecule has 21 heavy (non-hydrogen) atoms. The number of carbonyl (C=O) groups is 2. The fourth-order valence-electron chi connectivity index (χ4n) is 2.35. The molecule has 0 atom stereocenters. The highest BCUT2D eigenvalue weighted by molar-refractivity contribution is 5.94. The maximum atomic E-state index is 13.8. The Morgan fingerprint density at radius 2 is 1.81 bits per heavy atom. The number of urea groups is 1. The smallest absolute Gasteiger partial charge is 0.317 e. The normalized spacial score (nSPS) is 15.0. The minimum Gasteiger partial charge on any atom is -0.338 e. The van der Waals surface area contributed by atoms with Crippen molar-refractivity contribution in [2.45, 2.75) is 13.8 Å². The number of hydrogen-bond donors (Lipinski definition) is 1. The Bertz CT molecular complexity index is 540. The number of piperazine rings is 1. The van der Waals surface area contributed by atoms with E-state index in [0.717, 1.165) is 5.56 Å². The SMILES string of the molecule is CCNC(=O)N1CCN(C(=O)c2cc(C)ccc2F)CC1. The number of hydrogen-bond acceptors (Lipinski definition) is 2. The van der Waals surface area contributed by atoms with Crippen molar-refractivity contribution >= 4 is 11.9 Å². The van der Waals surface area contributed by atoms with E-state index in [1.807, 2.05) is 13.8 Å². The highest BCUT2D eigenvalue weighted by Crippen LogP contribution is 2.14. The van der Waals surface area contributed by atoms with Crippen molar-refractivity contribution in [3.8, 4) is 0 Å². The number of carbonyl (C=O) groups excluding carboxylic acids is 2. The summed E-state index contributed by atoms with van der Waals surface area (Å²) in [6.07, 6.45) is 0. The largest absolute Gasteiger partial charge is 0.338 e. The highest BCUT2D eigenvalue weighted by atomic mass is 19.1. The summed E-state index contributed by atoms with van der Waals surface area (Å²) in [4.78, 5) is 27.3. The maximum absolute atomic E-state index is 13.8. The Hall–Kier alpha value is -2.11. The van der Waals surface area contributed by atoms with Crippen LogP contribution in [0.5, 0.6) is 0 Å². The van der Waals surface area contributed by atoms with Crippen LogP contribution >= 0.6 is 0 Å². The van der Waals surface area contributed by atoms with Gasteiger partial charge < -0.3 is 15.1 Å². The molecule has 0 saturated carbocycles. The first-order chi connectivity index (χ1) is 10.0. The van der Waals surface area contributed by atoms with Gasteiger partial charge in [-0.25, -0.2) is 9.18 Å². The number of nitrogens with zero attached hydrogens (tertiary/aromatic N) is 2. The van der Waals surface area contributed by atoms with Gasteiger partial charge in [-0.1, -0.05) is 11.6 Å². The van der Waals surface area contributed by atoms with Gasteiger partial charge in [-0.05, 0) is 26.0 Å². The van der Waals surface area contributed by atoms with Crippen LogP contribution in [-0.4, -0.2) is 54.5 Å². The molecular formula is C15H20FN3O2. The fourth-order valence-corrected chi connectivity index (χ4v) is 2.35. The molecule has 0 unspecified atom stereocenters. The average molecular weight is 293 g/mol. The van der Waals surface area contributed by atoms with Crippen LogP contribution in [0.15, 0.2) is 18.2 Å². The number of nitrogens with one attached hydrogen (secondary N) is 1. The molecule has 114 valence electrons. The summed E-state index contributed by atoms with van der Waals surface area (Å²) in [7, 11) is 0. The summed E-state index contributed by atoms with van der Waals surface area (Å²) in [5.74, 6) is -0.816. The third kappa shape index (κ3) is 3.51. The third-order valence-electron chi connectivity index (χ3n) is 3.53. The molecule has 0 aliphatic carbocycles. The van der Waals surface area contributed by atoms with Crippen molar-refractivity contribution in [1.29, 1.82) is 0 Å². The Balaban J connectivity index is 2.00. The summed E-state index contributed by atoms with van der Waals surface area (Å²) in [6, 6.07) is 4.40. The van der Waals surface area contributed by atoms with Crippen molar-refractivity contribution in [2.24, 2.45) is 0 Å². The monoisotopic (exact) mass is 293 g/mol. The van der Waals surface area contributed by atoms with Gasteiger partial charge in [-0.3, -0.25) is 4.79 Å². The van der Waals surface area contributed by atoms with Crippen LogP contribution in [0, 0.1) is 12.7 Å². The van der Waals surface area contributed by atoms with E-state index in [9.17, 15) is 14.0 Å². The first kappa shape index (κ1) is 15.3. The molecule has 5 nitrogen and oxygen atoms in total. The maximum Gasteiger partial charge on any atom is 0.317 e. The minimum absolute atomic E-state index is 0.0986. The van der Waals surface area contributed by atoms with Crippen molar-refractivity contribution in [3.63, 3.8) is 0 Å². The van der Waals surface area contributed by atoms with Gasteiger partial charge in [0.2, 0.25) is 0 Å². The molecule has 0 bridgehead atoms. The van der Waals surface area contributed by atoms with Crippen molar-refractivity contribution in [3.05, 3.63) is 35.1 Å². The number of amides is 3. The van der Waals surface area contributed by atoms with Crippen molar-refractivity contribution in [1.82, 2.24) is 15.1 Å². The van der Waals surface area contributed by atoms with E-state index in [-0.39, 0.29) is 17.5 Å². The van der Waals surface area contributed by atoms with Crippen LogP contribution < -0.4 is 5.32 Å². The summed E-state index contributed by atoms with van der Waals surface area (Å²) >= 11 is 0. The lowest BCUT2D eigenvalue weighted by Gasteiger charge is -2.34. The molecule has 6 heteroatoms. The molecule has 1 aromatic rings. The number of rotatable bonds is 2. The molecule has 1 N–H and O–H groups in total. The van der Waals surface area contributed by atoms with Gasteiger partial charge in [-0.15, -0.1) is 0 Å². The molecule has 0 spiro atoms. The van der Waals surface area contributed by atoms with Gasteiger partial charge in [0.1, 0.15) is 5.82 Å². The molecule has 0 radical (unpaired) electrons. The van der Waals surface area contributed by atoms with Crippen LogP contribution in [-0.2, 0) is 0 Å². The lowest BCUT2D eigenvalue weighted by atomic mass is 10.1. The van der Waals surface area contributed by atoms with Crippen LogP contribution in [0.25, 0.3) is 0 Å². The van der Waals surface area contributed by atoms with E-state index in [4.69, 9.17) is 0 Å². The Morgan fingerprint density at radius 1 is 1.19 bits per heavy atom. The van der Waals surface area contributed by atoms with Crippen LogP contribution in [0.2, 0.25) is 0 Å². The molecule has 1 fully saturated rings. The molecule has 1 aromatic carbocycles. The number of aryl methyl sites for hydroxylation is 1. The summed E-state index contributed by atoms with van der Waals surface area (Å²) in [5, 5.41) is 2.73. The van der Waals surface area contributed by atoms with E-state index in [1.54, 1.807) is 21.9 Å². The quantitative estimate of drug-likeness (QED) is 0.901. The number of halogens is 1. The molecule has 2 rings (SSSR count). The lowest BCUT2D eigenvalue weighted by Crippen LogP contribution is -2.53. The highest BCUT2D eigenvalue weighted by Gasteiger charge is 2.26. The third-order valence-corrected chi connectivity index (χ3v) is 3.53. The second-order valence-corrected chi connectivity index (χ2v) is 5.10. The molecule has 1 heterocycles. The van der Waals surface area contributed by atoms with E-state index >= 15 is 0 Å². The predicted octanol–water partition coefficient (Wildman–Crippen LogP) is 1.62. The molecule has 1 aliphatic heterocycles. The predicted molar refractivity (Wildman–Crippen MR) is 77.7 cm³/mol. The van der Waals surface area contributed by atoms with E-state index in [0.29, 0.717) is 32.7 Å². The topological polar surface area (TPSA) is 52.7 Å². The zero-order valence-electron chi connectivity index (χ0n) is 12.4. The molecule has 0 aromatic heterocycles. The summed E-state index contributed by atoms with van der Waals surface area (Å²) < 4.78 is 13.8. The van der Waals surface area contributed by atoms with E-state index in [1.165, 1.54) is 6.07 Å². The first-order valence-electron chi connectivity index (χ1n) is 7.11. The van der Waals surface area contributed by atoms with Gasteiger partial charge >= 0.3 is 6.03 Å². The molecule has 1 saturated heterocycles. The average Bonchev–Trinajstić information content (AvgIpc) is 2.49. The second kappa shape index (κ2) is 6.56. The minimum atomic E-state index is -0.503. The fraction of sp³-hybridized carbons (Fsp3) is 0.467. The van der Waals surface area contributed by atoms with E-state index in [2.05, 4.69) is 5.32 Å². The summed E-state index contributed by atoms with van der Waals surface area (Å²) in [5.41, 5.74) is 0.946. The second-order valence-electron chi connectivity index (χ2n) is 5.10. The Labute approximate surface area is 123 Å².